The van der Waals surface area contributed by atoms with Gasteiger partial charge in [0.05, 0.1) is 6.61 Å². The van der Waals surface area contributed by atoms with E-state index in [0.29, 0.717) is 29.9 Å². The Morgan fingerprint density at radius 1 is 1.35 bits per heavy atom. The molecule has 0 saturated carbocycles. The highest BCUT2D eigenvalue weighted by atomic mass is 16.5. The lowest BCUT2D eigenvalue weighted by Gasteiger charge is -1.97. The van der Waals surface area contributed by atoms with Crippen molar-refractivity contribution in [2.45, 2.75) is 19.3 Å². The van der Waals surface area contributed by atoms with Crippen molar-refractivity contribution in [3.8, 4) is 11.7 Å². The maximum Gasteiger partial charge on any atom is 0.297 e. The van der Waals surface area contributed by atoms with Crippen LogP contribution in [-0.2, 0) is 4.74 Å². The van der Waals surface area contributed by atoms with Crippen LogP contribution in [0.5, 0.6) is 0 Å². The topological polar surface area (TPSA) is 91.2 Å². The molecule has 4 rings (SSSR count). The van der Waals surface area contributed by atoms with Crippen molar-refractivity contribution in [3.63, 3.8) is 0 Å². The third-order valence-corrected chi connectivity index (χ3v) is 3.36. The highest BCUT2D eigenvalue weighted by Gasteiger charge is 2.24. The van der Waals surface area contributed by atoms with E-state index < -0.39 is 0 Å². The predicted molar refractivity (Wildman–Crippen MR) is 67.0 cm³/mol. The molecule has 102 valence electrons. The van der Waals surface area contributed by atoms with Crippen LogP contribution in [0.25, 0.3) is 17.5 Å². The summed E-state index contributed by atoms with van der Waals surface area (Å²) in [5, 5.41) is 8.33. The number of hydrogen-bond acceptors (Lipinski definition) is 7. The van der Waals surface area contributed by atoms with Crippen molar-refractivity contribution in [2.75, 3.05) is 13.2 Å². The number of ether oxygens (including phenoxy) is 1. The van der Waals surface area contributed by atoms with Gasteiger partial charge < -0.3 is 9.26 Å². The Kier molecular flexibility index (Phi) is 2.49. The summed E-state index contributed by atoms with van der Waals surface area (Å²) in [6.07, 6.45) is 2.61. The van der Waals surface area contributed by atoms with E-state index in [0.717, 1.165) is 18.7 Å². The molecule has 0 unspecified atom stereocenters. The van der Waals surface area contributed by atoms with Crippen molar-refractivity contribution in [3.05, 3.63) is 23.8 Å². The Morgan fingerprint density at radius 3 is 3.10 bits per heavy atom. The van der Waals surface area contributed by atoms with Crippen molar-refractivity contribution < 1.29 is 9.26 Å². The summed E-state index contributed by atoms with van der Waals surface area (Å²) in [6.45, 7) is 3.31. The molecule has 4 heterocycles. The van der Waals surface area contributed by atoms with Crippen LogP contribution in [0, 0.1) is 6.92 Å². The first kappa shape index (κ1) is 11.5. The molecule has 0 amide bonds. The van der Waals surface area contributed by atoms with E-state index >= 15 is 0 Å². The van der Waals surface area contributed by atoms with Crippen LogP contribution in [0.4, 0.5) is 0 Å². The van der Waals surface area contributed by atoms with Gasteiger partial charge in [-0.3, -0.25) is 0 Å². The maximum absolute atomic E-state index is 5.32. The summed E-state index contributed by atoms with van der Waals surface area (Å²) in [6, 6.07) is 1.86. The second-order valence-corrected chi connectivity index (χ2v) is 4.75. The van der Waals surface area contributed by atoms with Crippen LogP contribution in [0.1, 0.15) is 23.9 Å². The maximum atomic E-state index is 5.32. The molecule has 20 heavy (non-hydrogen) atoms. The number of hydrogen-bond donors (Lipinski definition) is 0. The molecule has 0 aromatic carbocycles. The minimum atomic E-state index is 0.199. The van der Waals surface area contributed by atoms with E-state index in [-0.39, 0.29) is 5.92 Å². The molecular formula is C12H12N6O2. The minimum Gasteiger partial charge on any atom is -0.381 e. The molecule has 1 aliphatic heterocycles. The van der Waals surface area contributed by atoms with Gasteiger partial charge in [-0.2, -0.15) is 9.97 Å². The molecule has 3 aromatic rings. The monoisotopic (exact) mass is 272 g/mol. The SMILES string of the molecule is Cc1ccnc2nc(-c3nc([C@H]4CCOC4)no3)nn12. The van der Waals surface area contributed by atoms with Crippen molar-refractivity contribution in [2.24, 2.45) is 0 Å². The zero-order chi connectivity index (χ0) is 13.5. The van der Waals surface area contributed by atoms with Crippen LogP contribution in [0.15, 0.2) is 16.8 Å². The second-order valence-electron chi connectivity index (χ2n) is 4.75. The number of nitrogens with zero attached hydrogens (tertiary/aromatic N) is 6. The van der Waals surface area contributed by atoms with Crippen LogP contribution in [-0.4, -0.2) is 42.9 Å². The van der Waals surface area contributed by atoms with E-state index in [2.05, 4.69) is 25.2 Å². The van der Waals surface area contributed by atoms with Gasteiger partial charge in [0.15, 0.2) is 5.82 Å². The molecule has 3 aromatic heterocycles. The highest BCUT2D eigenvalue weighted by molar-refractivity contribution is 5.45. The largest absolute Gasteiger partial charge is 0.381 e. The molecule has 0 radical (unpaired) electrons. The minimum absolute atomic E-state index is 0.199. The summed E-state index contributed by atoms with van der Waals surface area (Å²) in [5.41, 5.74) is 0.942. The van der Waals surface area contributed by atoms with Crippen molar-refractivity contribution >= 4 is 5.78 Å². The Hall–Kier alpha value is -2.35. The molecule has 0 bridgehead atoms. The molecule has 8 nitrogen and oxygen atoms in total. The van der Waals surface area contributed by atoms with Gasteiger partial charge in [-0.25, -0.2) is 9.50 Å². The summed E-state index contributed by atoms with van der Waals surface area (Å²) >= 11 is 0. The van der Waals surface area contributed by atoms with Crippen LogP contribution >= 0.6 is 0 Å². The molecule has 1 saturated heterocycles. The zero-order valence-corrected chi connectivity index (χ0v) is 10.9. The van der Waals surface area contributed by atoms with Gasteiger partial charge in [-0.05, 0) is 19.4 Å². The van der Waals surface area contributed by atoms with Gasteiger partial charge in [-0.15, -0.1) is 5.10 Å². The van der Waals surface area contributed by atoms with Gasteiger partial charge in [0, 0.05) is 24.4 Å². The number of aryl methyl sites for hydroxylation is 1. The van der Waals surface area contributed by atoms with E-state index in [1.165, 1.54) is 0 Å². The first-order chi connectivity index (χ1) is 9.81. The molecule has 0 aliphatic carbocycles. The Labute approximate surface area is 113 Å². The van der Waals surface area contributed by atoms with E-state index in [1.54, 1.807) is 10.7 Å². The van der Waals surface area contributed by atoms with Gasteiger partial charge in [0.2, 0.25) is 5.82 Å². The summed E-state index contributed by atoms with van der Waals surface area (Å²) in [5.74, 6) is 2.08. The zero-order valence-electron chi connectivity index (χ0n) is 10.9. The average Bonchev–Trinajstić information content (AvgIpc) is 3.18. The average molecular weight is 272 g/mol. The lowest BCUT2D eigenvalue weighted by atomic mass is 10.1. The Balaban J connectivity index is 1.73. The normalized spacial score (nSPS) is 18.9. The first-order valence-corrected chi connectivity index (χ1v) is 6.41. The fourth-order valence-electron chi connectivity index (χ4n) is 2.23. The molecule has 1 atom stereocenters. The van der Waals surface area contributed by atoms with E-state index in [4.69, 9.17) is 9.26 Å². The highest BCUT2D eigenvalue weighted by Crippen LogP contribution is 2.24. The van der Waals surface area contributed by atoms with E-state index in [9.17, 15) is 0 Å². The number of rotatable bonds is 2. The quantitative estimate of drug-likeness (QED) is 0.686. The predicted octanol–water partition coefficient (Wildman–Crippen LogP) is 0.987. The summed E-state index contributed by atoms with van der Waals surface area (Å²) < 4.78 is 12.2. The van der Waals surface area contributed by atoms with E-state index in [1.807, 2.05) is 13.0 Å². The summed E-state index contributed by atoms with van der Waals surface area (Å²) in [4.78, 5) is 12.8. The van der Waals surface area contributed by atoms with Gasteiger partial charge in [0.25, 0.3) is 11.7 Å². The van der Waals surface area contributed by atoms with Crippen LogP contribution in [0.3, 0.4) is 0 Å². The molecule has 1 fully saturated rings. The molecule has 0 N–H and O–H groups in total. The van der Waals surface area contributed by atoms with Crippen LogP contribution in [0.2, 0.25) is 0 Å². The number of aromatic nitrogens is 6. The fraction of sp³-hybridized carbons (Fsp3) is 0.417. The fourth-order valence-corrected chi connectivity index (χ4v) is 2.23. The number of fused-ring (bicyclic) bond motifs is 1. The van der Waals surface area contributed by atoms with Gasteiger partial charge in [0.1, 0.15) is 0 Å². The van der Waals surface area contributed by atoms with Gasteiger partial charge in [-0.1, -0.05) is 5.16 Å². The Bertz CT molecular complexity index is 758. The molecule has 0 spiro atoms. The van der Waals surface area contributed by atoms with Crippen molar-refractivity contribution in [1.29, 1.82) is 0 Å². The molecular weight excluding hydrogens is 260 g/mol. The standard InChI is InChI=1S/C12H12N6O2/c1-7-2-4-13-12-15-10(16-18(7)12)11-14-9(17-20-11)8-3-5-19-6-8/h2,4,8H,3,5-6H2,1H3/t8-/m0/s1. The second kappa shape index (κ2) is 4.34. The third-order valence-electron chi connectivity index (χ3n) is 3.36. The lowest BCUT2D eigenvalue weighted by Crippen LogP contribution is -1.99. The smallest absolute Gasteiger partial charge is 0.297 e. The first-order valence-electron chi connectivity index (χ1n) is 6.41. The molecule has 8 heteroatoms. The summed E-state index contributed by atoms with van der Waals surface area (Å²) in [7, 11) is 0. The van der Waals surface area contributed by atoms with Crippen molar-refractivity contribution in [1.82, 2.24) is 29.7 Å². The third kappa shape index (κ3) is 1.76. The lowest BCUT2D eigenvalue weighted by molar-refractivity contribution is 0.192. The van der Waals surface area contributed by atoms with Crippen LogP contribution < -0.4 is 0 Å². The molecule has 1 aliphatic rings. The Morgan fingerprint density at radius 2 is 2.30 bits per heavy atom. The van der Waals surface area contributed by atoms with Gasteiger partial charge >= 0.3 is 0 Å².